The number of carbonyl (C=O) groups excluding carboxylic acids is 1. The Hall–Kier alpha value is -1.81. The number of nitrogens with one attached hydrogen (secondary N) is 3. The highest BCUT2D eigenvalue weighted by molar-refractivity contribution is 5.84. The summed E-state index contributed by atoms with van der Waals surface area (Å²) in [5.41, 5.74) is 2.36. The molecule has 4 heteroatoms. The van der Waals surface area contributed by atoms with Gasteiger partial charge in [0.1, 0.15) is 0 Å². The number of carbonyl (C=O) groups is 1. The monoisotopic (exact) mass is 285 g/mol. The zero-order valence-corrected chi connectivity index (χ0v) is 12.3. The third-order valence-electron chi connectivity index (χ3n) is 4.27. The number of hydrogen-bond acceptors (Lipinski definition) is 2. The average molecular weight is 285 g/mol. The topological polar surface area (TPSA) is 56.9 Å². The first kappa shape index (κ1) is 14.1. The molecule has 1 amide bonds. The molecule has 1 aliphatic rings. The number of para-hydroxylation sites is 1. The predicted molar refractivity (Wildman–Crippen MR) is 85.3 cm³/mol. The molecule has 1 aromatic heterocycles. The lowest BCUT2D eigenvalue weighted by atomic mass is 10.1. The van der Waals surface area contributed by atoms with Gasteiger partial charge in [0.25, 0.3) is 0 Å². The smallest absolute Gasteiger partial charge is 0.220 e. The molecule has 3 N–H and O–H groups in total. The summed E-state index contributed by atoms with van der Waals surface area (Å²) in [5.74, 6) is 0.151. The Labute approximate surface area is 125 Å². The molecule has 4 nitrogen and oxygen atoms in total. The number of aryl methyl sites for hydroxylation is 1. The number of aromatic nitrogens is 1. The number of amides is 1. The van der Waals surface area contributed by atoms with Crippen LogP contribution in [0, 0.1) is 0 Å². The molecular weight excluding hydrogens is 262 g/mol. The maximum Gasteiger partial charge on any atom is 0.220 e. The van der Waals surface area contributed by atoms with E-state index >= 15 is 0 Å². The standard InChI is InChI=1S/C17H23N3O/c21-17(19-11-9-14-4-3-10-18-14)8-7-13-12-20-16-6-2-1-5-15(13)16/h1-2,5-6,12,14,18,20H,3-4,7-11H2,(H,19,21)/t14-/m0/s1. The summed E-state index contributed by atoms with van der Waals surface area (Å²) in [6.07, 6.45) is 6.90. The van der Waals surface area contributed by atoms with Crippen LogP contribution in [0.2, 0.25) is 0 Å². The van der Waals surface area contributed by atoms with Crippen molar-refractivity contribution < 1.29 is 4.79 Å². The summed E-state index contributed by atoms with van der Waals surface area (Å²) < 4.78 is 0. The molecular formula is C17H23N3O. The molecule has 112 valence electrons. The van der Waals surface area contributed by atoms with Crippen molar-refractivity contribution in [3.63, 3.8) is 0 Å². The van der Waals surface area contributed by atoms with E-state index in [0.29, 0.717) is 12.5 Å². The van der Waals surface area contributed by atoms with Gasteiger partial charge in [0, 0.05) is 36.1 Å². The van der Waals surface area contributed by atoms with E-state index in [9.17, 15) is 4.79 Å². The molecule has 0 spiro atoms. The molecule has 0 unspecified atom stereocenters. The van der Waals surface area contributed by atoms with E-state index in [4.69, 9.17) is 0 Å². The van der Waals surface area contributed by atoms with Crippen molar-refractivity contribution in [3.8, 4) is 0 Å². The van der Waals surface area contributed by atoms with Crippen LogP contribution in [0.3, 0.4) is 0 Å². The van der Waals surface area contributed by atoms with Gasteiger partial charge in [0.05, 0.1) is 0 Å². The van der Waals surface area contributed by atoms with Gasteiger partial charge in [-0.25, -0.2) is 0 Å². The number of H-pyrrole nitrogens is 1. The van der Waals surface area contributed by atoms with Crippen LogP contribution in [-0.4, -0.2) is 30.0 Å². The maximum atomic E-state index is 11.9. The van der Waals surface area contributed by atoms with Crippen molar-refractivity contribution in [3.05, 3.63) is 36.0 Å². The third kappa shape index (κ3) is 3.64. The second-order valence-electron chi connectivity index (χ2n) is 5.79. The van der Waals surface area contributed by atoms with Crippen LogP contribution in [0.25, 0.3) is 10.9 Å². The zero-order chi connectivity index (χ0) is 14.5. The van der Waals surface area contributed by atoms with E-state index in [0.717, 1.165) is 31.4 Å². The Morgan fingerprint density at radius 2 is 2.24 bits per heavy atom. The molecule has 0 saturated carbocycles. The summed E-state index contributed by atoms with van der Waals surface area (Å²) in [7, 11) is 0. The summed E-state index contributed by atoms with van der Waals surface area (Å²) >= 11 is 0. The highest BCUT2D eigenvalue weighted by atomic mass is 16.1. The molecule has 1 aliphatic heterocycles. The molecule has 0 aliphatic carbocycles. The molecule has 0 radical (unpaired) electrons. The lowest BCUT2D eigenvalue weighted by Gasteiger charge is -2.10. The van der Waals surface area contributed by atoms with E-state index in [-0.39, 0.29) is 5.91 Å². The van der Waals surface area contributed by atoms with Crippen molar-refractivity contribution in [1.29, 1.82) is 0 Å². The van der Waals surface area contributed by atoms with Crippen LogP contribution in [0.1, 0.15) is 31.2 Å². The van der Waals surface area contributed by atoms with Gasteiger partial charge in [-0.15, -0.1) is 0 Å². The number of aromatic amines is 1. The molecule has 1 atom stereocenters. The largest absolute Gasteiger partial charge is 0.361 e. The molecule has 0 bridgehead atoms. The summed E-state index contributed by atoms with van der Waals surface area (Å²) in [5, 5.41) is 7.70. The van der Waals surface area contributed by atoms with Crippen LogP contribution >= 0.6 is 0 Å². The Bertz CT molecular complexity index is 599. The van der Waals surface area contributed by atoms with Gasteiger partial charge in [-0.1, -0.05) is 18.2 Å². The minimum atomic E-state index is 0.151. The van der Waals surface area contributed by atoms with Gasteiger partial charge in [0.15, 0.2) is 0 Å². The first-order valence-corrected chi connectivity index (χ1v) is 7.88. The second-order valence-corrected chi connectivity index (χ2v) is 5.79. The van der Waals surface area contributed by atoms with Crippen LogP contribution in [0.4, 0.5) is 0 Å². The van der Waals surface area contributed by atoms with Crippen molar-refractivity contribution in [2.24, 2.45) is 0 Å². The Kier molecular flexibility index (Phi) is 4.55. The van der Waals surface area contributed by atoms with Gasteiger partial charge in [-0.05, 0) is 43.9 Å². The van der Waals surface area contributed by atoms with Crippen LogP contribution in [-0.2, 0) is 11.2 Å². The number of fused-ring (bicyclic) bond motifs is 1. The minimum absolute atomic E-state index is 0.151. The number of rotatable bonds is 6. The summed E-state index contributed by atoms with van der Waals surface area (Å²) in [4.78, 5) is 15.2. The first-order valence-electron chi connectivity index (χ1n) is 7.88. The van der Waals surface area contributed by atoms with Gasteiger partial charge < -0.3 is 15.6 Å². The fraction of sp³-hybridized carbons (Fsp3) is 0.471. The quantitative estimate of drug-likeness (QED) is 0.763. The fourth-order valence-electron chi connectivity index (χ4n) is 3.06. The summed E-state index contributed by atoms with van der Waals surface area (Å²) in [6.45, 7) is 1.91. The Morgan fingerprint density at radius 3 is 3.10 bits per heavy atom. The molecule has 1 saturated heterocycles. The van der Waals surface area contributed by atoms with Gasteiger partial charge >= 0.3 is 0 Å². The van der Waals surface area contributed by atoms with Gasteiger partial charge in [-0.2, -0.15) is 0 Å². The molecule has 2 aromatic rings. The van der Waals surface area contributed by atoms with Crippen molar-refractivity contribution >= 4 is 16.8 Å². The van der Waals surface area contributed by atoms with E-state index < -0.39 is 0 Å². The van der Waals surface area contributed by atoms with E-state index in [1.807, 2.05) is 18.3 Å². The van der Waals surface area contributed by atoms with E-state index in [1.165, 1.54) is 23.8 Å². The molecule has 1 aromatic carbocycles. The Morgan fingerprint density at radius 1 is 1.33 bits per heavy atom. The van der Waals surface area contributed by atoms with Crippen molar-refractivity contribution in [2.75, 3.05) is 13.1 Å². The lowest BCUT2D eigenvalue weighted by Crippen LogP contribution is -2.30. The predicted octanol–water partition coefficient (Wildman–Crippen LogP) is 2.36. The molecule has 3 rings (SSSR count). The highest BCUT2D eigenvalue weighted by Gasteiger charge is 2.13. The van der Waals surface area contributed by atoms with Gasteiger partial charge in [0.2, 0.25) is 5.91 Å². The van der Waals surface area contributed by atoms with Crippen LogP contribution in [0.15, 0.2) is 30.5 Å². The maximum absolute atomic E-state index is 11.9. The lowest BCUT2D eigenvalue weighted by molar-refractivity contribution is -0.121. The first-order chi connectivity index (χ1) is 10.3. The minimum Gasteiger partial charge on any atom is -0.361 e. The molecule has 21 heavy (non-hydrogen) atoms. The second kappa shape index (κ2) is 6.76. The highest BCUT2D eigenvalue weighted by Crippen LogP contribution is 2.18. The normalized spacial score (nSPS) is 18.2. The van der Waals surface area contributed by atoms with Gasteiger partial charge in [-0.3, -0.25) is 4.79 Å². The SMILES string of the molecule is O=C(CCc1c[nH]c2ccccc12)NCC[C@@H]1CCCN1. The number of hydrogen-bond donors (Lipinski definition) is 3. The van der Waals surface area contributed by atoms with E-state index in [1.54, 1.807) is 0 Å². The fourth-order valence-corrected chi connectivity index (χ4v) is 3.06. The summed E-state index contributed by atoms with van der Waals surface area (Å²) in [6, 6.07) is 8.82. The number of benzene rings is 1. The third-order valence-corrected chi connectivity index (χ3v) is 4.27. The average Bonchev–Trinajstić information content (AvgIpc) is 3.14. The Balaban J connectivity index is 1.43. The zero-order valence-electron chi connectivity index (χ0n) is 12.3. The van der Waals surface area contributed by atoms with Crippen molar-refractivity contribution in [1.82, 2.24) is 15.6 Å². The van der Waals surface area contributed by atoms with E-state index in [2.05, 4.69) is 27.8 Å². The van der Waals surface area contributed by atoms with Crippen molar-refractivity contribution in [2.45, 2.75) is 38.1 Å². The molecule has 1 fully saturated rings. The van der Waals surface area contributed by atoms with Crippen LogP contribution in [0.5, 0.6) is 0 Å². The van der Waals surface area contributed by atoms with Crippen LogP contribution < -0.4 is 10.6 Å². The molecule has 2 heterocycles.